The van der Waals surface area contributed by atoms with Gasteiger partial charge in [0.2, 0.25) is 5.91 Å². The number of nitrogens with one attached hydrogen (secondary N) is 1. The summed E-state index contributed by atoms with van der Waals surface area (Å²) >= 11 is 2.16. The predicted octanol–water partition coefficient (Wildman–Crippen LogP) is 1.44. The molecule has 1 aliphatic rings. The second-order valence-electron chi connectivity index (χ2n) is 4.76. The molecule has 2 atom stereocenters. The topological polar surface area (TPSA) is 75.6 Å². The zero-order chi connectivity index (χ0) is 14.5. The number of aliphatic carboxylic acids is 1. The van der Waals surface area contributed by atoms with E-state index in [4.69, 9.17) is 4.74 Å². The number of amides is 1. The Kier molecular flexibility index (Phi) is 5.36. The molecular formula is C14H16INO4. The van der Waals surface area contributed by atoms with Crippen LogP contribution in [0.2, 0.25) is 0 Å². The number of carboxylic acids is 1. The average molecular weight is 389 g/mol. The van der Waals surface area contributed by atoms with E-state index in [2.05, 4.69) is 27.9 Å². The Morgan fingerprint density at radius 1 is 1.45 bits per heavy atom. The third-order valence-electron chi connectivity index (χ3n) is 3.30. The minimum atomic E-state index is -1.02. The number of hydrogen-bond donors (Lipinski definition) is 2. The van der Waals surface area contributed by atoms with E-state index in [1.807, 2.05) is 24.3 Å². The van der Waals surface area contributed by atoms with Gasteiger partial charge in [0.05, 0.1) is 12.5 Å². The third kappa shape index (κ3) is 3.92. The standard InChI is InChI=1S/C14H16INO4/c15-11-4-2-1-3-9(11)7-12(14(18)19)16-13(17)10-5-6-20-8-10/h1-4,10,12H,5-8H2,(H,16,17)(H,18,19)/t10-,12-/m1/s1. The van der Waals surface area contributed by atoms with Crippen molar-refractivity contribution in [3.63, 3.8) is 0 Å². The van der Waals surface area contributed by atoms with E-state index in [0.717, 1.165) is 9.13 Å². The van der Waals surface area contributed by atoms with Crippen molar-refractivity contribution in [2.75, 3.05) is 13.2 Å². The first-order chi connectivity index (χ1) is 9.58. The van der Waals surface area contributed by atoms with Crippen LogP contribution >= 0.6 is 22.6 Å². The number of carbonyl (C=O) groups is 2. The summed E-state index contributed by atoms with van der Waals surface area (Å²) in [5.74, 6) is -1.48. The second-order valence-corrected chi connectivity index (χ2v) is 5.92. The maximum atomic E-state index is 12.0. The SMILES string of the molecule is O=C(N[C@H](Cc1ccccc1I)C(=O)O)[C@@H]1CCOC1. The fraction of sp³-hybridized carbons (Fsp3) is 0.429. The number of ether oxygens (including phenoxy) is 1. The number of hydrogen-bond acceptors (Lipinski definition) is 3. The van der Waals surface area contributed by atoms with Crippen LogP contribution in [0.4, 0.5) is 0 Å². The molecule has 0 unspecified atom stereocenters. The van der Waals surface area contributed by atoms with Crippen LogP contribution in [0.15, 0.2) is 24.3 Å². The molecule has 1 aromatic carbocycles. The van der Waals surface area contributed by atoms with Gasteiger partial charge in [-0.1, -0.05) is 18.2 Å². The van der Waals surface area contributed by atoms with Gasteiger partial charge in [0.15, 0.2) is 0 Å². The lowest BCUT2D eigenvalue weighted by Crippen LogP contribution is -2.45. The van der Waals surface area contributed by atoms with Crippen molar-refractivity contribution >= 4 is 34.5 Å². The first kappa shape index (κ1) is 15.2. The Bertz CT molecular complexity index is 500. The molecule has 20 heavy (non-hydrogen) atoms. The molecule has 0 bridgehead atoms. The summed E-state index contributed by atoms with van der Waals surface area (Å²) in [5.41, 5.74) is 0.920. The molecule has 5 nitrogen and oxygen atoms in total. The van der Waals surface area contributed by atoms with Crippen LogP contribution < -0.4 is 5.32 Å². The fourth-order valence-corrected chi connectivity index (χ4v) is 2.72. The van der Waals surface area contributed by atoms with E-state index in [9.17, 15) is 14.7 Å². The maximum Gasteiger partial charge on any atom is 0.326 e. The van der Waals surface area contributed by atoms with Crippen molar-refractivity contribution < 1.29 is 19.4 Å². The Hall–Kier alpha value is -1.15. The Balaban J connectivity index is 2.02. The van der Waals surface area contributed by atoms with E-state index in [1.165, 1.54) is 0 Å². The molecule has 0 radical (unpaired) electrons. The predicted molar refractivity (Wildman–Crippen MR) is 81.4 cm³/mol. The molecule has 1 heterocycles. The van der Waals surface area contributed by atoms with Gasteiger partial charge in [0, 0.05) is 16.6 Å². The molecule has 0 aliphatic carbocycles. The molecule has 0 aromatic heterocycles. The van der Waals surface area contributed by atoms with E-state index in [1.54, 1.807) is 0 Å². The van der Waals surface area contributed by atoms with Gasteiger partial charge < -0.3 is 15.2 Å². The molecule has 1 aliphatic heterocycles. The van der Waals surface area contributed by atoms with Crippen LogP contribution in [-0.4, -0.2) is 36.2 Å². The van der Waals surface area contributed by atoms with Crippen LogP contribution in [-0.2, 0) is 20.7 Å². The Labute approximate surface area is 130 Å². The first-order valence-corrected chi connectivity index (χ1v) is 7.50. The highest BCUT2D eigenvalue weighted by Crippen LogP contribution is 2.15. The molecule has 0 saturated carbocycles. The number of halogens is 1. The van der Waals surface area contributed by atoms with Crippen LogP contribution in [0.3, 0.4) is 0 Å². The summed E-state index contributed by atoms with van der Waals surface area (Å²) in [6.45, 7) is 0.938. The highest BCUT2D eigenvalue weighted by atomic mass is 127. The molecule has 2 N–H and O–H groups in total. The minimum Gasteiger partial charge on any atom is -0.480 e. The molecule has 108 valence electrons. The first-order valence-electron chi connectivity index (χ1n) is 6.42. The van der Waals surface area contributed by atoms with Gasteiger partial charge in [-0.25, -0.2) is 4.79 Å². The minimum absolute atomic E-state index is 0.230. The summed E-state index contributed by atoms with van der Waals surface area (Å²) in [6, 6.07) is 6.65. The smallest absolute Gasteiger partial charge is 0.326 e. The van der Waals surface area contributed by atoms with E-state index >= 15 is 0 Å². The Morgan fingerprint density at radius 3 is 2.80 bits per heavy atom. The Morgan fingerprint density at radius 2 is 2.20 bits per heavy atom. The van der Waals surface area contributed by atoms with Gasteiger partial charge >= 0.3 is 5.97 Å². The molecule has 0 spiro atoms. The average Bonchev–Trinajstić information content (AvgIpc) is 2.94. The van der Waals surface area contributed by atoms with Crippen molar-refractivity contribution in [1.29, 1.82) is 0 Å². The summed E-state index contributed by atoms with van der Waals surface area (Å²) in [5, 5.41) is 11.9. The fourth-order valence-electron chi connectivity index (χ4n) is 2.11. The summed E-state index contributed by atoms with van der Waals surface area (Å²) in [7, 11) is 0. The molecule has 1 saturated heterocycles. The number of carboxylic acid groups (broad SMARTS) is 1. The normalized spacial score (nSPS) is 19.6. The van der Waals surface area contributed by atoms with Crippen LogP contribution in [0, 0.1) is 9.49 Å². The molecule has 2 rings (SSSR count). The highest BCUT2D eigenvalue weighted by molar-refractivity contribution is 14.1. The van der Waals surface area contributed by atoms with Gasteiger partial charge in [-0.05, 0) is 40.6 Å². The van der Waals surface area contributed by atoms with Crippen molar-refractivity contribution in [1.82, 2.24) is 5.32 Å². The maximum absolute atomic E-state index is 12.0. The van der Waals surface area contributed by atoms with Gasteiger partial charge in [0.1, 0.15) is 6.04 Å². The van der Waals surface area contributed by atoms with Gasteiger partial charge in [-0.2, -0.15) is 0 Å². The van der Waals surface area contributed by atoms with Crippen LogP contribution in [0.25, 0.3) is 0 Å². The lowest BCUT2D eigenvalue weighted by molar-refractivity contribution is -0.142. The van der Waals surface area contributed by atoms with Crippen LogP contribution in [0.1, 0.15) is 12.0 Å². The highest BCUT2D eigenvalue weighted by Gasteiger charge is 2.28. The summed E-state index contributed by atoms with van der Waals surface area (Å²) in [6.07, 6.45) is 0.939. The summed E-state index contributed by atoms with van der Waals surface area (Å²) in [4.78, 5) is 23.3. The number of benzene rings is 1. The zero-order valence-corrected chi connectivity index (χ0v) is 13.0. The van der Waals surface area contributed by atoms with Crippen molar-refractivity contribution in [2.45, 2.75) is 18.9 Å². The molecule has 1 amide bonds. The lowest BCUT2D eigenvalue weighted by atomic mass is 10.0. The van der Waals surface area contributed by atoms with E-state index < -0.39 is 12.0 Å². The molecule has 6 heteroatoms. The van der Waals surface area contributed by atoms with Crippen molar-refractivity contribution in [2.24, 2.45) is 5.92 Å². The van der Waals surface area contributed by atoms with Crippen LogP contribution in [0.5, 0.6) is 0 Å². The molecule has 1 aromatic rings. The van der Waals surface area contributed by atoms with Gasteiger partial charge in [0.25, 0.3) is 0 Å². The zero-order valence-electron chi connectivity index (χ0n) is 10.8. The number of carbonyl (C=O) groups excluding carboxylic acids is 1. The van der Waals surface area contributed by atoms with E-state index in [0.29, 0.717) is 19.6 Å². The second kappa shape index (κ2) is 7.03. The van der Waals surface area contributed by atoms with E-state index in [-0.39, 0.29) is 18.2 Å². The van der Waals surface area contributed by atoms with Gasteiger partial charge in [-0.3, -0.25) is 4.79 Å². The van der Waals surface area contributed by atoms with Gasteiger partial charge in [-0.15, -0.1) is 0 Å². The largest absolute Gasteiger partial charge is 0.480 e. The molecular weight excluding hydrogens is 373 g/mol. The quantitative estimate of drug-likeness (QED) is 0.748. The third-order valence-corrected chi connectivity index (χ3v) is 4.35. The lowest BCUT2D eigenvalue weighted by Gasteiger charge is -2.17. The van der Waals surface area contributed by atoms with Crippen molar-refractivity contribution in [3.8, 4) is 0 Å². The monoisotopic (exact) mass is 389 g/mol. The number of rotatable bonds is 5. The molecule has 1 fully saturated rings. The van der Waals surface area contributed by atoms with Crippen molar-refractivity contribution in [3.05, 3.63) is 33.4 Å². The summed E-state index contributed by atoms with van der Waals surface area (Å²) < 4.78 is 6.14.